The maximum Gasteiger partial charge on any atom is 0.225 e. The number of carbonyl (C=O) groups is 1. The van der Waals surface area contributed by atoms with Gasteiger partial charge in [0.2, 0.25) is 5.91 Å². The standard InChI is InChI=1S/C16H19N5OS3/c1-4-20(11(3)22)15-17-12(9-24-15)10-25-16-19-18-14(21(16)5-2)13-7-6-8-23-13/h6-9H,4-5,10H2,1-3H3. The van der Waals surface area contributed by atoms with Gasteiger partial charge in [-0.15, -0.1) is 32.9 Å². The lowest BCUT2D eigenvalue weighted by Gasteiger charge is -2.14. The first-order valence-electron chi connectivity index (χ1n) is 7.96. The fraction of sp³-hybridized carbons (Fsp3) is 0.375. The van der Waals surface area contributed by atoms with Crippen LogP contribution in [0, 0.1) is 0 Å². The second-order valence-corrected chi connectivity index (χ2v) is 7.93. The third-order valence-corrected chi connectivity index (χ3v) is 6.37. The smallest absolute Gasteiger partial charge is 0.225 e. The van der Waals surface area contributed by atoms with E-state index in [9.17, 15) is 4.79 Å². The van der Waals surface area contributed by atoms with Crippen LogP contribution in [0.25, 0.3) is 10.7 Å². The van der Waals surface area contributed by atoms with Crippen molar-refractivity contribution in [3.8, 4) is 10.7 Å². The monoisotopic (exact) mass is 393 g/mol. The summed E-state index contributed by atoms with van der Waals surface area (Å²) in [7, 11) is 0. The Bertz CT molecular complexity index is 840. The van der Waals surface area contributed by atoms with Gasteiger partial charge in [-0.05, 0) is 25.3 Å². The summed E-state index contributed by atoms with van der Waals surface area (Å²) >= 11 is 4.78. The largest absolute Gasteiger partial charge is 0.302 e. The van der Waals surface area contributed by atoms with Crippen LogP contribution in [0.4, 0.5) is 5.13 Å². The van der Waals surface area contributed by atoms with E-state index in [4.69, 9.17) is 0 Å². The number of thiazole rings is 1. The summed E-state index contributed by atoms with van der Waals surface area (Å²) in [5.41, 5.74) is 0.952. The van der Waals surface area contributed by atoms with Crippen molar-refractivity contribution in [2.75, 3.05) is 11.4 Å². The van der Waals surface area contributed by atoms with E-state index in [0.29, 0.717) is 12.3 Å². The van der Waals surface area contributed by atoms with Crippen molar-refractivity contribution >= 4 is 45.5 Å². The van der Waals surface area contributed by atoms with Crippen LogP contribution in [0.3, 0.4) is 0 Å². The third-order valence-electron chi connectivity index (χ3n) is 3.59. The van der Waals surface area contributed by atoms with Crippen molar-refractivity contribution in [3.63, 3.8) is 0 Å². The molecule has 3 aromatic rings. The molecule has 0 aliphatic heterocycles. The minimum Gasteiger partial charge on any atom is -0.302 e. The van der Waals surface area contributed by atoms with Crippen molar-refractivity contribution in [3.05, 3.63) is 28.6 Å². The average molecular weight is 394 g/mol. The second kappa shape index (κ2) is 8.11. The molecule has 0 unspecified atom stereocenters. The van der Waals surface area contributed by atoms with Crippen LogP contribution in [-0.4, -0.2) is 32.2 Å². The maximum atomic E-state index is 11.6. The number of amides is 1. The van der Waals surface area contributed by atoms with E-state index in [1.165, 1.54) is 11.3 Å². The zero-order chi connectivity index (χ0) is 17.8. The Morgan fingerprint density at radius 2 is 2.16 bits per heavy atom. The van der Waals surface area contributed by atoms with Crippen LogP contribution in [0.15, 0.2) is 28.0 Å². The minimum atomic E-state index is 0.0161. The van der Waals surface area contributed by atoms with Crippen LogP contribution in [0.1, 0.15) is 26.5 Å². The normalized spacial score (nSPS) is 11.0. The van der Waals surface area contributed by atoms with Gasteiger partial charge in [-0.2, -0.15) is 0 Å². The Balaban J connectivity index is 1.72. The SMILES string of the molecule is CCN(C(C)=O)c1nc(CSc2nnc(-c3cccs3)n2CC)cs1. The molecule has 3 aromatic heterocycles. The summed E-state index contributed by atoms with van der Waals surface area (Å²) in [4.78, 5) is 19.0. The van der Waals surface area contributed by atoms with Crippen LogP contribution >= 0.6 is 34.4 Å². The molecular formula is C16H19N5OS3. The Morgan fingerprint density at radius 1 is 1.32 bits per heavy atom. The van der Waals surface area contributed by atoms with Gasteiger partial charge in [0.05, 0.1) is 10.6 Å². The molecule has 0 radical (unpaired) electrons. The Morgan fingerprint density at radius 3 is 2.80 bits per heavy atom. The van der Waals surface area contributed by atoms with E-state index in [1.54, 1.807) is 34.9 Å². The highest BCUT2D eigenvalue weighted by atomic mass is 32.2. The first kappa shape index (κ1) is 18.1. The quantitative estimate of drug-likeness (QED) is 0.564. The van der Waals surface area contributed by atoms with Gasteiger partial charge in [0.15, 0.2) is 16.1 Å². The number of aromatic nitrogens is 4. The number of hydrogen-bond donors (Lipinski definition) is 0. The molecule has 0 atom stereocenters. The Kier molecular flexibility index (Phi) is 5.87. The summed E-state index contributed by atoms with van der Waals surface area (Å²) in [6.45, 7) is 7.06. The molecule has 0 spiro atoms. The van der Waals surface area contributed by atoms with Gasteiger partial charge in [-0.25, -0.2) is 4.98 Å². The van der Waals surface area contributed by atoms with E-state index < -0.39 is 0 Å². The molecule has 0 aliphatic carbocycles. The van der Waals surface area contributed by atoms with Gasteiger partial charge >= 0.3 is 0 Å². The van der Waals surface area contributed by atoms with Crippen molar-refractivity contribution in [2.24, 2.45) is 0 Å². The van der Waals surface area contributed by atoms with E-state index in [2.05, 4.69) is 32.7 Å². The van der Waals surface area contributed by atoms with Crippen molar-refractivity contribution < 1.29 is 4.79 Å². The molecule has 9 heteroatoms. The number of anilines is 1. The summed E-state index contributed by atoms with van der Waals surface area (Å²) in [5, 5.41) is 14.4. The zero-order valence-corrected chi connectivity index (χ0v) is 16.7. The highest BCUT2D eigenvalue weighted by Gasteiger charge is 2.16. The summed E-state index contributed by atoms with van der Waals surface area (Å²) in [6, 6.07) is 4.08. The summed E-state index contributed by atoms with van der Waals surface area (Å²) < 4.78 is 2.12. The van der Waals surface area contributed by atoms with E-state index in [0.717, 1.165) is 33.2 Å². The lowest BCUT2D eigenvalue weighted by atomic mass is 10.4. The first-order valence-corrected chi connectivity index (χ1v) is 10.7. The predicted molar refractivity (Wildman–Crippen MR) is 104 cm³/mol. The summed E-state index contributed by atoms with van der Waals surface area (Å²) in [5.74, 6) is 1.63. The number of thioether (sulfide) groups is 1. The highest BCUT2D eigenvalue weighted by molar-refractivity contribution is 7.98. The average Bonchev–Trinajstić information content (AvgIpc) is 3.33. The van der Waals surface area contributed by atoms with Crippen molar-refractivity contribution in [2.45, 2.75) is 38.2 Å². The maximum absolute atomic E-state index is 11.6. The van der Waals surface area contributed by atoms with Gasteiger partial charge in [-0.1, -0.05) is 17.8 Å². The minimum absolute atomic E-state index is 0.0161. The van der Waals surface area contributed by atoms with Gasteiger partial charge < -0.3 is 4.57 Å². The zero-order valence-electron chi connectivity index (χ0n) is 14.3. The molecular weight excluding hydrogens is 374 g/mol. The lowest BCUT2D eigenvalue weighted by Crippen LogP contribution is -2.27. The first-order chi connectivity index (χ1) is 12.1. The number of carbonyl (C=O) groups excluding carboxylic acids is 1. The van der Waals surface area contributed by atoms with E-state index in [-0.39, 0.29) is 5.91 Å². The van der Waals surface area contributed by atoms with Crippen LogP contribution in [0.5, 0.6) is 0 Å². The molecule has 6 nitrogen and oxygen atoms in total. The summed E-state index contributed by atoms with van der Waals surface area (Å²) in [6.07, 6.45) is 0. The third kappa shape index (κ3) is 3.94. The highest BCUT2D eigenvalue weighted by Crippen LogP contribution is 2.30. The second-order valence-electron chi connectivity index (χ2n) is 5.20. The lowest BCUT2D eigenvalue weighted by molar-refractivity contribution is -0.116. The van der Waals surface area contributed by atoms with E-state index in [1.807, 2.05) is 23.8 Å². The van der Waals surface area contributed by atoms with Crippen LogP contribution in [-0.2, 0) is 17.1 Å². The molecule has 3 rings (SSSR count). The molecule has 0 saturated carbocycles. The number of nitrogens with zero attached hydrogens (tertiary/aromatic N) is 5. The van der Waals surface area contributed by atoms with Crippen LogP contribution < -0.4 is 4.90 Å². The Hall–Kier alpha value is -1.71. The molecule has 0 fully saturated rings. The van der Waals surface area contributed by atoms with Crippen molar-refractivity contribution in [1.82, 2.24) is 19.7 Å². The van der Waals surface area contributed by atoms with Crippen molar-refractivity contribution in [1.29, 1.82) is 0 Å². The van der Waals surface area contributed by atoms with Gasteiger partial charge in [0.1, 0.15) is 0 Å². The molecule has 0 N–H and O–H groups in total. The number of thiophene rings is 1. The van der Waals surface area contributed by atoms with Gasteiger partial charge in [0.25, 0.3) is 0 Å². The molecule has 0 aromatic carbocycles. The molecule has 0 bridgehead atoms. The fourth-order valence-corrected chi connectivity index (χ4v) is 5.04. The predicted octanol–water partition coefficient (Wildman–Crippen LogP) is 4.15. The fourth-order valence-electron chi connectivity index (χ4n) is 2.39. The Labute approximate surface area is 158 Å². The van der Waals surface area contributed by atoms with Gasteiger partial charge in [-0.3, -0.25) is 9.69 Å². The molecule has 3 heterocycles. The molecule has 0 saturated heterocycles. The number of hydrogen-bond acceptors (Lipinski definition) is 7. The topological polar surface area (TPSA) is 63.9 Å². The number of rotatable bonds is 7. The molecule has 132 valence electrons. The molecule has 25 heavy (non-hydrogen) atoms. The molecule has 0 aliphatic rings. The van der Waals surface area contributed by atoms with Gasteiger partial charge in [0, 0.05) is 31.1 Å². The van der Waals surface area contributed by atoms with Crippen LogP contribution in [0.2, 0.25) is 0 Å². The molecule has 1 amide bonds. The van der Waals surface area contributed by atoms with E-state index >= 15 is 0 Å².